The van der Waals surface area contributed by atoms with E-state index in [0.717, 1.165) is 0 Å². The van der Waals surface area contributed by atoms with Gasteiger partial charge in [-0.3, -0.25) is 0 Å². The van der Waals surface area contributed by atoms with Gasteiger partial charge in [-0.15, -0.1) is 12.6 Å². The summed E-state index contributed by atoms with van der Waals surface area (Å²) in [7, 11) is 0. The lowest BCUT2D eigenvalue weighted by atomic mass is 10.0. The number of para-hydroxylation sites is 1. The van der Waals surface area contributed by atoms with Crippen molar-refractivity contribution in [2.45, 2.75) is 4.90 Å². The largest absolute Gasteiger partial charge is 0.507 e. The first-order chi connectivity index (χ1) is 7.20. The Labute approximate surface area is 93.2 Å². The second kappa shape index (κ2) is 3.87. The van der Waals surface area contributed by atoms with E-state index in [4.69, 9.17) is 0 Å². The fourth-order valence-electron chi connectivity index (χ4n) is 1.49. The molecule has 2 N–H and O–H groups in total. The smallest absolute Gasteiger partial charge is 0.124 e. The zero-order valence-corrected chi connectivity index (χ0v) is 8.78. The standard InChI is InChI=1S/C12H10O2S/c13-9-5-2-1-4-8(9)12-10(14)6-3-7-11(12)15/h1-7,13-15H. The van der Waals surface area contributed by atoms with E-state index in [9.17, 15) is 10.2 Å². The van der Waals surface area contributed by atoms with Crippen LogP contribution in [0.2, 0.25) is 0 Å². The zero-order chi connectivity index (χ0) is 10.8. The molecule has 0 saturated carbocycles. The Hall–Kier alpha value is -1.61. The van der Waals surface area contributed by atoms with Crippen molar-refractivity contribution in [3.63, 3.8) is 0 Å². The van der Waals surface area contributed by atoms with Gasteiger partial charge in [-0.1, -0.05) is 24.3 Å². The molecule has 0 amide bonds. The number of aromatic hydroxyl groups is 2. The van der Waals surface area contributed by atoms with Crippen LogP contribution in [-0.2, 0) is 0 Å². The predicted molar refractivity (Wildman–Crippen MR) is 62.5 cm³/mol. The fraction of sp³-hybridized carbons (Fsp3) is 0. The summed E-state index contributed by atoms with van der Waals surface area (Å²) < 4.78 is 0. The van der Waals surface area contributed by atoms with Gasteiger partial charge in [-0.2, -0.15) is 0 Å². The summed E-state index contributed by atoms with van der Waals surface area (Å²) in [4.78, 5) is 0.636. The number of phenolic OH excluding ortho intramolecular Hbond substituents is 2. The Balaban J connectivity index is 2.69. The molecule has 2 rings (SSSR count). The molecular formula is C12H10O2S. The van der Waals surface area contributed by atoms with Crippen LogP contribution in [0.5, 0.6) is 11.5 Å². The number of hydrogen-bond donors (Lipinski definition) is 3. The minimum absolute atomic E-state index is 0.115. The summed E-state index contributed by atoms with van der Waals surface area (Å²) in [6, 6.07) is 11.9. The Kier molecular flexibility index (Phi) is 2.56. The van der Waals surface area contributed by atoms with Crippen molar-refractivity contribution in [1.29, 1.82) is 0 Å². The third kappa shape index (κ3) is 1.78. The van der Waals surface area contributed by atoms with Crippen LogP contribution in [0, 0.1) is 0 Å². The number of thiol groups is 1. The summed E-state index contributed by atoms with van der Waals surface area (Å²) in [6.45, 7) is 0. The second-order valence-electron chi connectivity index (χ2n) is 3.19. The molecule has 3 heteroatoms. The van der Waals surface area contributed by atoms with Crippen molar-refractivity contribution < 1.29 is 10.2 Å². The third-order valence-corrected chi connectivity index (χ3v) is 2.57. The Morgan fingerprint density at radius 1 is 0.800 bits per heavy atom. The molecule has 0 aliphatic carbocycles. The zero-order valence-electron chi connectivity index (χ0n) is 7.88. The van der Waals surface area contributed by atoms with Crippen molar-refractivity contribution in [3.8, 4) is 22.6 Å². The van der Waals surface area contributed by atoms with Crippen molar-refractivity contribution >= 4 is 12.6 Å². The predicted octanol–water partition coefficient (Wildman–Crippen LogP) is 3.05. The first-order valence-electron chi connectivity index (χ1n) is 4.49. The number of benzene rings is 2. The van der Waals surface area contributed by atoms with Crippen LogP contribution in [0.15, 0.2) is 47.4 Å². The first-order valence-corrected chi connectivity index (χ1v) is 4.94. The van der Waals surface area contributed by atoms with E-state index in [1.165, 1.54) is 0 Å². The molecule has 0 fully saturated rings. The van der Waals surface area contributed by atoms with E-state index in [-0.39, 0.29) is 11.5 Å². The maximum Gasteiger partial charge on any atom is 0.124 e. The number of rotatable bonds is 1. The molecule has 0 unspecified atom stereocenters. The van der Waals surface area contributed by atoms with Gasteiger partial charge in [0.05, 0.1) is 0 Å². The Morgan fingerprint density at radius 2 is 1.47 bits per heavy atom. The summed E-state index contributed by atoms with van der Waals surface area (Å²) in [5.74, 6) is 0.248. The Morgan fingerprint density at radius 3 is 2.13 bits per heavy atom. The lowest BCUT2D eigenvalue weighted by Gasteiger charge is -2.09. The van der Waals surface area contributed by atoms with Crippen LogP contribution in [0.4, 0.5) is 0 Å². The molecule has 0 saturated heterocycles. The van der Waals surface area contributed by atoms with Gasteiger partial charge in [0.1, 0.15) is 11.5 Å². The van der Waals surface area contributed by atoms with E-state index in [1.54, 1.807) is 42.5 Å². The molecule has 0 radical (unpaired) electrons. The molecule has 0 aromatic heterocycles. The van der Waals surface area contributed by atoms with Crippen molar-refractivity contribution in [2.24, 2.45) is 0 Å². The normalized spacial score (nSPS) is 10.2. The van der Waals surface area contributed by atoms with Crippen molar-refractivity contribution in [3.05, 3.63) is 42.5 Å². The summed E-state index contributed by atoms with van der Waals surface area (Å²) in [5.41, 5.74) is 1.14. The molecule has 76 valence electrons. The van der Waals surface area contributed by atoms with Gasteiger partial charge >= 0.3 is 0 Å². The lowest BCUT2D eigenvalue weighted by Crippen LogP contribution is -1.82. The van der Waals surface area contributed by atoms with E-state index in [2.05, 4.69) is 12.6 Å². The highest BCUT2D eigenvalue weighted by Gasteiger charge is 2.10. The van der Waals surface area contributed by atoms with Crippen molar-refractivity contribution in [2.75, 3.05) is 0 Å². The Bertz CT molecular complexity index is 474. The molecule has 0 aliphatic heterocycles. The summed E-state index contributed by atoms with van der Waals surface area (Å²) in [6.07, 6.45) is 0. The van der Waals surface area contributed by atoms with Gasteiger partial charge in [0, 0.05) is 16.0 Å². The lowest BCUT2D eigenvalue weighted by molar-refractivity contribution is 0.468. The van der Waals surface area contributed by atoms with Gasteiger partial charge in [0.25, 0.3) is 0 Å². The molecule has 0 atom stereocenters. The molecule has 2 nitrogen and oxygen atoms in total. The van der Waals surface area contributed by atoms with Gasteiger partial charge in [0.2, 0.25) is 0 Å². The van der Waals surface area contributed by atoms with Crippen LogP contribution >= 0.6 is 12.6 Å². The SMILES string of the molecule is Oc1ccccc1-c1c(O)cccc1S. The van der Waals surface area contributed by atoms with Gasteiger partial charge in [0.15, 0.2) is 0 Å². The maximum atomic E-state index is 9.71. The van der Waals surface area contributed by atoms with Gasteiger partial charge in [-0.05, 0) is 18.2 Å². The molecule has 2 aromatic rings. The number of hydrogen-bond acceptors (Lipinski definition) is 3. The monoisotopic (exact) mass is 218 g/mol. The average molecular weight is 218 g/mol. The molecule has 0 heterocycles. The van der Waals surface area contributed by atoms with E-state index in [0.29, 0.717) is 16.0 Å². The maximum absolute atomic E-state index is 9.71. The van der Waals surface area contributed by atoms with Crippen LogP contribution in [0.3, 0.4) is 0 Å². The van der Waals surface area contributed by atoms with E-state index in [1.807, 2.05) is 0 Å². The highest BCUT2D eigenvalue weighted by atomic mass is 32.1. The minimum Gasteiger partial charge on any atom is -0.507 e. The molecule has 15 heavy (non-hydrogen) atoms. The van der Waals surface area contributed by atoms with E-state index >= 15 is 0 Å². The molecule has 2 aromatic carbocycles. The van der Waals surface area contributed by atoms with E-state index < -0.39 is 0 Å². The highest BCUT2D eigenvalue weighted by molar-refractivity contribution is 7.80. The first kappa shape index (κ1) is 9.93. The molecular weight excluding hydrogens is 208 g/mol. The summed E-state index contributed by atoms with van der Waals surface area (Å²) in [5, 5.41) is 19.4. The average Bonchev–Trinajstić information content (AvgIpc) is 2.20. The number of phenols is 2. The van der Waals surface area contributed by atoms with Crippen molar-refractivity contribution in [1.82, 2.24) is 0 Å². The highest BCUT2D eigenvalue weighted by Crippen LogP contribution is 2.38. The quantitative estimate of drug-likeness (QED) is 0.644. The second-order valence-corrected chi connectivity index (χ2v) is 3.67. The molecule has 0 bridgehead atoms. The minimum atomic E-state index is 0.115. The molecule has 0 spiro atoms. The topological polar surface area (TPSA) is 40.5 Å². The van der Waals surface area contributed by atoms with Crippen LogP contribution in [0.1, 0.15) is 0 Å². The van der Waals surface area contributed by atoms with Crippen LogP contribution < -0.4 is 0 Å². The van der Waals surface area contributed by atoms with Crippen LogP contribution in [0.25, 0.3) is 11.1 Å². The summed E-state index contributed by atoms with van der Waals surface area (Å²) >= 11 is 4.26. The van der Waals surface area contributed by atoms with Crippen LogP contribution in [-0.4, -0.2) is 10.2 Å². The third-order valence-electron chi connectivity index (χ3n) is 2.19. The molecule has 0 aliphatic rings. The van der Waals surface area contributed by atoms with Gasteiger partial charge in [-0.25, -0.2) is 0 Å². The fourth-order valence-corrected chi connectivity index (χ4v) is 1.81. The van der Waals surface area contributed by atoms with Gasteiger partial charge < -0.3 is 10.2 Å².